The van der Waals surface area contributed by atoms with E-state index in [9.17, 15) is 8.42 Å². The van der Waals surface area contributed by atoms with Gasteiger partial charge in [0.15, 0.2) is 0 Å². The molecular formula is C13H21N3O2S. The molecule has 0 bridgehead atoms. The van der Waals surface area contributed by atoms with Crippen LogP contribution in [0.4, 0.5) is 5.82 Å². The highest BCUT2D eigenvalue weighted by molar-refractivity contribution is 7.89. The second kappa shape index (κ2) is 5.46. The van der Waals surface area contributed by atoms with Crippen molar-refractivity contribution in [1.29, 1.82) is 0 Å². The highest BCUT2D eigenvalue weighted by Crippen LogP contribution is 2.31. The van der Waals surface area contributed by atoms with Crippen LogP contribution in [0, 0.1) is 0 Å². The standard InChI is InChI=1S/C13H21N3O2S/c1-10-6-4-7-11(2)16(10)19(17,18)12-8-5-9-15-13(12)14-3/h5,8-11H,4,6-7H2,1-3H3,(H,14,15)/t10-,11+. The Morgan fingerprint density at radius 2 is 1.95 bits per heavy atom. The molecule has 0 saturated carbocycles. The van der Waals surface area contributed by atoms with Crippen molar-refractivity contribution < 1.29 is 8.42 Å². The van der Waals surface area contributed by atoms with Crippen LogP contribution in [-0.4, -0.2) is 36.8 Å². The Labute approximate surface area is 115 Å². The highest BCUT2D eigenvalue weighted by atomic mass is 32.2. The van der Waals surface area contributed by atoms with E-state index < -0.39 is 10.0 Å². The Morgan fingerprint density at radius 1 is 1.32 bits per heavy atom. The minimum absolute atomic E-state index is 0.0404. The lowest BCUT2D eigenvalue weighted by molar-refractivity contribution is 0.204. The normalized spacial score (nSPS) is 25.2. The van der Waals surface area contributed by atoms with Crippen LogP contribution in [0.5, 0.6) is 0 Å². The summed E-state index contributed by atoms with van der Waals surface area (Å²) in [6.07, 6.45) is 4.51. The third-order valence-corrected chi connectivity index (χ3v) is 5.84. The summed E-state index contributed by atoms with van der Waals surface area (Å²) in [5, 5.41) is 2.85. The molecule has 2 rings (SSSR count). The Kier molecular flexibility index (Phi) is 4.10. The molecule has 106 valence electrons. The molecule has 0 radical (unpaired) electrons. The van der Waals surface area contributed by atoms with Gasteiger partial charge < -0.3 is 5.32 Å². The van der Waals surface area contributed by atoms with E-state index >= 15 is 0 Å². The van der Waals surface area contributed by atoms with Gasteiger partial charge in [0.2, 0.25) is 10.0 Å². The number of hydrogen-bond acceptors (Lipinski definition) is 4. The summed E-state index contributed by atoms with van der Waals surface area (Å²) < 4.78 is 27.3. The molecule has 0 unspecified atom stereocenters. The number of hydrogen-bond donors (Lipinski definition) is 1. The molecule has 1 aromatic heterocycles. The van der Waals surface area contributed by atoms with Crippen LogP contribution in [0.2, 0.25) is 0 Å². The van der Waals surface area contributed by atoms with Crippen LogP contribution in [-0.2, 0) is 10.0 Å². The summed E-state index contributed by atoms with van der Waals surface area (Å²) in [7, 11) is -1.81. The van der Waals surface area contributed by atoms with Gasteiger partial charge in [0.05, 0.1) is 0 Å². The monoisotopic (exact) mass is 283 g/mol. The van der Waals surface area contributed by atoms with Gasteiger partial charge in [-0.05, 0) is 38.8 Å². The molecule has 1 aromatic rings. The molecule has 0 spiro atoms. The molecule has 5 nitrogen and oxygen atoms in total. The van der Waals surface area contributed by atoms with E-state index in [1.54, 1.807) is 29.7 Å². The van der Waals surface area contributed by atoms with Gasteiger partial charge in [0.25, 0.3) is 0 Å². The summed E-state index contributed by atoms with van der Waals surface area (Å²) in [5.74, 6) is 0.410. The summed E-state index contributed by atoms with van der Waals surface area (Å²) in [4.78, 5) is 4.35. The predicted molar refractivity (Wildman–Crippen MR) is 75.6 cm³/mol. The van der Waals surface area contributed by atoms with Gasteiger partial charge in [-0.1, -0.05) is 6.42 Å². The van der Waals surface area contributed by atoms with Crippen LogP contribution < -0.4 is 5.32 Å². The van der Waals surface area contributed by atoms with E-state index in [-0.39, 0.29) is 17.0 Å². The van der Waals surface area contributed by atoms with E-state index in [0.717, 1.165) is 19.3 Å². The Hall–Kier alpha value is -1.14. The first-order valence-electron chi connectivity index (χ1n) is 6.64. The fraction of sp³-hybridized carbons (Fsp3) is 0.615. The van der Waals surface area contributed by atoms with Crippen LogP contribution in [0.15, 0.2) is 23.2 Å². The summed E-state index contributed by atoms with van der Waals surface area (Å²) in [5.41, 5.74) is 0. The number of pyridine rings is 1. The zero-order valence-corrected chi connectivity index (χ0v) is 12.4. The van der Waals surface area contributed by atoms with Crippen molar-refractivity contribution in [3.8, 4) is 0 Å². The number of sulfonamides is 1. The van der Waals surface area contributed by atoms with Crippen molar-refractivity contribution in [2.45, 2.75) is 50.1 Å². The fourth-order valence-corrected chi connectivity index (χ4v) is 4.81. The smallest absolute Gasteiger partial charge is 0.247 e. The minimum Gasteiger partial charge on any atom is -0.372 e. The Bertz CT molecular complexity index is 535. The van der Waals surface area contributed by atoms with E-state index in [2.05, 4.69) is 10.3 Å². The topological polar surface area (TPSA) is 62.3 Å². The van der Waals surface area contributed by atoms with Gasteiger partial charge in [-0.15, -0.1) is 0 Å². The first-order valence-corrected chi connectivity index (χ1v) is 8.08. The molecule has 1 aliphatic heterocycles. The third kappa shape index (κ3) is 2.60. The molecule has 2 heterocycles. The number of piperidine rings is 1. The average molecular weight is 283 g/mol. The Balaban J connectivity index is 2.46. The highest BCUT2D eigenvalue weighted by Gasteiger charge is 2.36. The molecule has 0 amide bonds. The molecule has 1 saturated heterocycles. The molecule has 1 N–H and O–H groups in total. The van der Waals surface area contributed by atoms with Crippen molar-refractivity contribution in [2.75, 3.05) is 12.4 Å². The number of aromatic nitrogens is 1. The summed E-state index contributed by atoms with van der Waals surface area (Å²) in [6, 6.07) is 3.35. The van der Waals surface area contributed by atoms with Gasteiger partial charge in [0.1, 0.15) is 10.7 Å². The van der Waals surface area contributed by atoms with Crippen LogP contribution >= 0.6 is 0 Å². The molecule has 19 heavy (non-hydrogen) atoms. The summed E-state index contributed by atoms with van der Waals surface area (Å²) in [6.45, 7) is 3.95. The van der Waals surface area contributed by atoms with Crippen molar-refractivity contribution >= 4 is 15.8 Å². The van der Waals surface area contributed by atoms with Crippen LogP contribution in [0.25, 0.3) is 0 Å². The van der Waals surface area contributed by atoms with Crippen LogP contribution in [0.3, 0.4) is 0 Å². The van der Waals surface area contributed by atoms with Gasteiger partial charge in [-0.2, -0.15) is 4.31 Å². The largest absolute Gasteiger partial charge is 0.372 e. The average Bonchev–Trinajstić information content (AvgIpc) is 2.38. The zero-order valence-electron chi connectivity index (χ0n) is 11.6. The lowest BCUT2D eigenvalue weighted by Crippen LogP contribution is -2.47. The van der Waals surface area contributed by atoms with E-state index in [4.69, 9.17) is 0 Å². The van der Waals surface area contributed by atoms with Crippen molar-refractivity contribution in [3.05, 3.63) is 18.3 Å². The van der Waals surface area contributed by atoms with E-state index in [1.165, 1.54) is 0 Å². The molecule has 6 heteroatoms. The van der Waals surface area contributed by atoms with E-state index in [1.807, 2.05) is 13.8 Å². The number of rotatable bonds is 3. The van der Waals surface area contributed by atoms with E-state index in [0.29, 0.717) is 5.82 Å². The molecule has 0 aromatic carbocycles. The first-order chi connectivity index (χ1) is 8.98. The SMILES string of the molecule is CNc1ncccc1S(=O)(=O)N1[C@H](C)CCC[C@@H]1C. The maximum atomic E-state index is 12.8. The van der Waals surface area contributed by atoms with Crippen LogP contribution in [0.1, 0.15) is 33.1 Å². The van der Waals surface area contributed by atoms with Gasteiger partial charge in [-0.3, -0.25) is 0 Å². The Morgan fingerprint density at radius 3 is 2.53 bits per heavy atom. The van der Waals surface area contributed by atoms with Gasteiger partial charge in [-0.25, -0.2) is 13.4 Å². The zero-order chi connectivity index (χ0) is 14.0. The lowest BCUT2D eigenvalue weighted by Gasteiger charge is -2.37. The van der Waals surface area contributed by atoms with Crippen molar-refractivity contribution in [3.63, 3.8) is 0 Å². The van der Waals surface area contributed by atoms with Crippen molar-refractivity contribution in [1.82, 2.24) is 9.29 Å². The molecular weight excluding hydrogens is 262 g/mol. The van der Waals surface area contributed by atoms with Gasteiger partial charge >= 0.3 is 0 Å². The maximum Gasteiger partial charge on any atom is 0.247 e. The molecule has 1 fully saturated rings. The minimum atomic E-state index is -3.49. The quantitative estimate of drug-likeness (QED) is 0.922. The van der Waals surface area contributed by atoms with Crippen molar-refractivity contribution in [2.24, 2.45) is 0 Å². The molecule has 0 aliphatic carbocycles. The predicted octanol–water partition coefficient (Wildman–Crippen LogP) is 2.07. The second-order valence-corrected chi connectivity index (χ2v) is 6.88. The number of anilines is 1. The number of nitrogens with one attached hydrogen (secondary N) is 1. The fourth-order valence-electron chi connectivity index (χ4n) is 2.77. The second-order valence-electron chi connectivity index (χ2n) is 5.06. The maximum absolute atomic E-state index is 12.8. The molecule has 2 atom stereocenters. The van der Waals surface area contributed by atoms with Gasteiger partial charge in [0, 0.05) is 25.3 Å². The third-order valence-electron chi connectivity index (χ3n) is 3.68. The first kappa shape index (κ1) is 14.3. The lowest BCUT2D eigenvalue weighted by atomic mass is 10.0. The molecule has 1 aliphatic rings. The number of nitrogens with zero attached hydrogens (tertiary/aromatic N) is 2. The summed E-state index contributed by atoms with van der Waals surface area (Å²) >= 11 is 0.